The zero-order valence-electron chi connectivity index (χ0n) is 10.0. The van der Waals surface area contributed by atoms with Gasteiger partial charge in [-0.25, -0.2) is 0 Å². The molecular formula is C14H19NO2. The predicted octanol–water partition coefficient (Wildman–Crippen LogP) is 1.89. The Bertz CT molecular complexity index is 397. The molecule has 0 spiro atoms. The Morgan fingerprint density at radius 3 is 2.82 bits per heavy atom. The van der Waals surface area contributed by atoms with E-state index in [0.717, 1.165) is 31.8 Å². The first-order valence-corrected chi connectivity index (χ1v) is 6.36. The van der Waals surface area contributed by atoms with Gasteiger partial charge in [0.2, 0.25) is 0 Å². The average molecular weight is 233 g/mol. The van der Waals surface area contributed by atoms with Gasteiger partial charge < -0.3 is 15.2 Å². The van der Waals surface area contributed by atoms with Crippen LogP contribution in [-0.2, 0) is 11.2 Å². The lowest BCUT2D eigenvalue weighted by Crippen LogP contribution is -2.38. The van der Waals surface area contributed by atoms with Crippen molar-refractivity contribution in [1.29, 1.82) is 0 Å². The van der Waals surface area contributed by atoms with E-state index < -0.39 is 0 Å². The molecule has 2 aliphatic rings. The van der Waals surface area contributed by atoms with E-state index in [1.807, 2.05) is 6.07 Å². The molecule has 1 saturated heterocycles. The normalized spacial score (nSPS) is 21.9. The largest absolute Gasteiger partial charge is 0.486 e. The molecule has 0 bridgehead atoms. The zero-order chi connectivity index (χ0) is 11.7. The van der Waals surface area contributed by atoms with E-state index in [1.165, 1.54) is 18.4 Å². The van der Waals surface area contributed by atoms with Crippen LogP contribution in [0, 0.1) is 0 Å². The van der Waals surface area contributed by atoms with Crippen molar-refractivity contribution in [2.45, 2.75) is 37.3 Å². The lowest BCUT2D eigenvalue weighted by molar-refractivity contribution is -0.0797. The van der Waals surface area contributed by atoms with Gasteiger partial charge in [-0.2, -0.15) is 0 Å². The van der Waals surface area contributed by atoms with Crippen molar-refractivity contribution in [2.24, 2.45) is 5.73 Å². The van der Waals surface area contributed by atoms with E-state index in [2.05, 4.69) is 18.2 Å². The number of aryl methyl sites for hydroxylation is 1. The summed E-state index contributed by atoms with van der Waals surface area (Å²) in [5.41, 5.74) is 7.55. The highest BCUT2D eigenvalue weighted by Crippen LogP contribution is 2.36. The van der Waals surface area contributed by atoms with Gasteiger partial charge in [0.05, 0.1) is 13.2 Å². The number of rotatable bonds is 5. The Kier molecular flexibility index (Phi) is 2.81. The van der Waals surface area contributed by atoms with Gasteiger partial charge in [-0.15, -0.1) is 0 Å². The van der Waals surface area contributed by atoms with E-state index >= 15 is 0 Å². The third-order valence-electron chi connectivity index (χ3n) is 3.61. The molecule has 92 valence electrons. The summed E-state index contributed by atoms with van der Waals surface area (Å²) in [5, 5.41) is 0. The van der Waals surface area contributed by atoms with Crippen LogP contribution in [0.2, 0.25) is 0 Å². The molecule has 3 heteroatoms. The Hall–Kier alpha value is -1.06. The monoisotopic (exact) mass is 233 g/mol. The summed E-state index contributed by atoms with van der Waals surface area (Å²) < 4.78 is 10.9. The lowest BCUT2D eigenvalue weighted by atomic mass is 10.0. The van der Waals surface area contributed by atoms with Crippen LogP contribution in [0.3, 0.4) is 0 Å². The molecule has 0 amide bonds. The highest BCUT2D eigenvalue weighted by atomic mass is 16.6. The molecule has 1 saturated carbocycles. The molecule has 2 N–H and O–H groups in total. The molecule has 0 radical (unpaired) electrons. The van der Waals surface area contributed by atoms with Crippen LogP contribution in [0.25, 0.3) is 0 Å². The van der Waals surface area contributed by atoms with Crippen molar-refractivity contribution < 1.29 is 9.47 Å². The average Bonchev–Trinajstić information content (AvgIpc) is 3.01. The van der Waals surface area contributed by atoms with Crippen molar-refractivity contribution in [2.75, 3.05) is 13.2 Å². The molecule has 1 aliphatic carbocycles. The summed E-state index contributed by atoms with van der Waals surface area (Å²) in [7, 11) is 0. The molecule has 1 heterocycles. The first-order chi connectivity index (χ1) is 8.23. The highest BCUT2D eigenvalue weighted by molar-refractivity contribution is 5.29. The molecular weight excluding hydrogens is 214 g/mol. The van der Waals surface area contributed by atoms with Crippen LogP contribution >= 0.6 is 0 Å². The number of ether oxygens (including phenoxy) is 2. The van der Waals surface area contributed by atoms with Crippen molar-refractivity contribution >= 4 is 0 Å². The van der Waals surface area contributed by atoms with Gasteiger partial charge >= 0.3 is 0 Å². The van der Waals surface area contributed by atoms with Gasteiger partial charge in [0.25, 0.3) is 0 Å². The van der Waals surface area contributed by atoms with Gasteiger partial charge in [-0.3, -0.25) is 0 Å². The second kappa shape index (κ2) is 4.31. The fraction of sp³-hybridized carbons (Fsp3) is 0.571. The molecule has 3 nitrogen and oxygen atoms in total. The quantitative estimate of drug-likeness (QED) is 0.844. The summed E-state index contributed by atoms with van der Waals surface area (Å²) in [4.78, 5) is 0. The number of hydrogen-bond donors (Lipinski definition) is 1. The maximum atomic E-state index is 6.10. The first-order valence-electron chi connectivity index (χ1n) is 6.36. The van der Waals surface area contributed by atoms with E-state index in [4.69, 9.17) is 15.2 Å². The number of nitrogens with two attached hydrogens (primary N) is 1. The molecule has 0 aromatic heterocycles. The molecule has 1 aliphatic heterocycles. The number of benzene rings is 1. The first kappa shape index (κ1) is 11.1. The Morgan fingerprint density at radius 1 is 1.35 bits per heavy atom. The molecule has 0 unspecified atom stereocenters. The third kappa shape index (κ3) is 2.79. The fourth-order valence-corrected chi connectivity index (χ4v) is 2.05. The summed E-state index contributed by atoms with van der Waals surface area (Å²) in [5.74, 6) is 0.956. The summed E-state index contributed by atoms with van der Waals surface area (Å²) in [6.07, 6.45) is 4.75. The maximum Gasteiger partial charge on any atom is 0.145 e. The van der Waals surface area contributed by atoms with Gasteiger partial charge in [0.15, 0.2) is 0 Å². The second-order valence-corrected chi connectivity index (χ2v) is 5.29. The molecule has 2 fully saturated rings. The SMILES string of the molecule is NC1(CCc2cccc(OC3COC3)c2)CC1. The Labute approximate surface area is 102 Å². The van der Waals surface area contributed by atoms with Crippen LogP contribution in [0.15, 0.2) is 24.3 Å². The second-order valence-electron chi connectivity index (χ2n) is 5.29. The van der Waals surface area contributed by atoms with Crippen LogP contribution in [0.1, 0.15) is 24.8 Å². The summed E-state index contributed by atoms with van der Waals surface area (Å²) in [6, 6.07) is 8.34. The van der Waals surface area contributed by atoms with Gasteiger partial charge in [0, 0.05) is 5.54 Å². The summed E-state index contributed by atoms with van der Waals surface area (Å²) in [6.45, 7) is 1.44. The maximum absolute atomic E-state index is 6.10. The minimum atomic E-state index is 0.138. The van der Waals surface area contributed by atoms with Crippen LogP contribution in [0.4, 0.5) is 0 Å². The summed E-state index contributed by atoms with van der Waals surface area (Å²) >= 11 is 0. The van der Waals surface area contributed by atoms with Crippen LogP contribution < -0.4 is 10.5 Å². The zero-order valence-corrected chi connectivity index (χ0v) is 10.0. The standard InChI is InChI=1S/C14H19NO2/c15-14(6-7-14)5-4-11-2-1-3-12(8-11)17-13-9-16-10-13/h1-3,8,13H,4-7,9-10,15H2. The smallest absolute Gasteiger partial charge is 0.145 e. The van der Waals surface area contributed by atoms with E-state index in [9.17, 15) is 0 Å². The fourth-order valence-electron chi connectivity index (χ4n) is 2.05. The molecule has 1 aromatic rings. The lowest BCUT2D eigenvalue weighted by Gasteiger charge is -2.26. The molecule has 0 atom stereocenters. The van der Waals surface area contributed by atoms with Crippen molar-refractivity contribution in [3.8, 4) is 5.75 Å². The Morgan fingerprint density at radius 2 is 2.18 bits per heavy atom. The van der Waals surface area contributed by atoms with Crippen LogP contribution in [0.5, 0.6) is 5.75 Å². The predicted molar refractivity (Wildman–Crippen MR) is 66.2 cm³/mol. The van der Waals surface area contributed by atoms with Gasteiger partial charge in [0.1, 0.15) is 11.9 Å². The minimum Gasteiger partial charge on any atom is -0.486 e. The van der Waals surface area contributed by atoms with Crippen molar-refractivity contribution in [1.82, 2.24) is 0 Å². The molecule has 3 rings (SSSR count). The highest BCUT2D eigenvalue weighted by Gasteiger charge is 2.37. The van der Waals surface area contributed by atoms with Crippen molar-refractivity contribution in [3.63, 3.8) is 0 Å². The van der Waals surface area contributed by atoms with E-state index in [-0.39, 0.29) is 11.6 Å². The topological polar surface area (TPSA) is 44.5 Å². The van der Waals surface area contributed by atoms with Crippen molar-refractivity contribution in [3.05, 3.63) is 29.8 Å². The molecule has 17 heavy (non-hydrogen) atoms. The van der Waals surface area contributed by atoms with E-state index in [0.29, 0.717) is 0 Å². The third-order valence-corrected chi connectivity index (χ3v) is 3.61. The van der Waals surface area contributed by atoms with Crippen LogP contribution in [-0.4, -0.2) is 24.9 Å². The number of hydrogen-bond acceptors (Lipinski definition) is 3. The van der Waals surface area contributed by atoms with E-state index in [1.54, 1.807) is 0 Å². The Balaban J connectivity index is 1.57. The minimum absolute atomic E-state index is 0.138. The van der Waals surface area contributed by atoms with Gasteiger partial charge in [-0.1, -0.05) is 12.1 Å². The van der Waals surface area contributed by atoms with Gasteiger partial charge in [-0.05, 0) is 43.4 Å². The molecule has 1 aromatic carbocycles.